The van der Waals surface area contributed by atoms with Crippen molar-refractivity contribution in [2.24, 2.45) is 27.7 Å². The fraction of sp³-hybridized carbons (Fsp3) is 0.719. The van der Waals surface area contributed by atoms with Gasteiger partial charge in [0.15, 0.2) is 12.1 Å². The molecule has 0 spiro atoms. The SMILES string of the molecule is CC1CCN(C(C=O)=NC2(N[C@H](CCC(C)(C)C)c3ccc(C(=O)O)cc3)CCC(C(C)(C)C)C2)C(C)C1. The van der Waals surface area contributed by atoms with E-state index in [2.05, 4.69) is 65.6 Å². The maximum Gasteiger partial charge on any atom is 0.335 e. The van der Waals surface area contributed by atoms with Crippen LogP contribution >= 0.6 is 0 Å². The first-order valence-corrected chi connectivity index (χ1v) is 14.5. The Balaban J connectivity index is 2.01. The summed E-state index contributed by atoms with van der Waals surface area (Å²) in [7, 11) is 0. The number of likely N-dealkylation sites (tertiary alicyclic amines) is 1. The number of hydrogen-bond acceptors (Lipinski definition) is 4. The zero-order valence-corrected chi connectivity index (χ0v) is 25.0. The standard InChI is InChI=1S/C32H51N3O3/c1-22-15-18-35(23(2)19-22)28(21-36)34-32(17-13-26(20-32)31(6,7)8)33-27(14-16-30(3,4)5)24-9-11-25(12-10-24)29(37)38/h9-12,21-23,26-27,33H,13-20H2,1-8H3,(H,37,38)/t22?,23?,26?,27-,32?/m1/s1. The molecule has 0 amide bonds. The third-order valence-corrected chi connectivity index (χ3v) is 8.77. The summed E-state index contributed by atoms with van der Waals surface area (Å²) in [6.45, 7) is 19.0. The average molecular weight is 526 g/mol. The highest BCUT2D eigenvalue weighted by Gasteiger charge is 2.45. The molecule has 4 unspecified atom stereocenters. The lowest BCUT2D eigenvalue weighted by Crippen LogP contribution is -2.50. The quantitative estimate of drug-likeness (QED) is 0.215. The van der Waals surface area contributed by atoms with E-state index >= 15 is 0 Å². The molecule has 1 aliphatic heterocycles. The number of aliphatic imine (C=N–C) groups is 1. The predicted molar refractivity (Wildman–Crippen MR) is 156 cm³/mol. The Morgan fingerprint density at radius 2 is 1.82 bits per heavy atom. The minimum absolute atomic E-state index is 0.00578. The molecule has 3 rings (SSSR count). The highest BCUT2D eigenvalue weighted by atomic mass is 16.4. The molecule has 38 heavy (non-hydrogen) atoms. The van der Waals surface area contributed by atoms with Crippen LogP contribution in [0.25, 0.3) is 0 Å². The molecular formula is C32H51N3O3. The number of rotatable bonds is 8. The van der Waals surface area contributed by atoms with Crippen molar-refractivity contribution in [2.75, 3.05) is 6.54 Å². The Morgan fingerprint density at radius 1 is 1.16 bits per heavy atom. The smallest absolute Gasteiger partial charge is 0.335 e. The maximum absolute atomic E-state index is 12.5. The fourth-order valence-electron chi connectivity index (χ4n) is 6.24. The molecule has 2 fully saturated rings. The molecule has 1 aromatic rings. The molecule has 6 nitrogen and oxygen atoms in total. The molecule has 2 aliphatic rings. The van der Waals surface area contributed by atoms with Crippen LogP contribution in [0.3, 0.4) is 0 Å². The van der Waals surface area contributed by atoms with Crippen molar-refractivity contribution in [2.45, 2.75) is 118 Å². The van der Waals surface area contributed by atoms with Crippen molar-refractivity contribution in [1.29, 1.82) is 0 Å². The lowest BCUT2D eigenvalue weighted by molar-refractivity contribution is -0.103. The fourth-order valence-corrected chi connectivity index (χ4v) is 6.24. The van der Waals surface area contributed by atoms with Crippen molar-refractivity contribution in [3.8, 4) is 0 Å². The number of carboxylic acids is 1. The Labute approximate surface area is 230 Å². The van der Waals surface area contributed by atoms with E-state index in [1.165, 1.54) is 0 Å². The predicted octanol–water partition coefficient (Wildman–Crippen LogP) is 7.10. The summed E-state index contributed by atoms with van der Waals surface area (Å²) >= 11 is 0. The third kappa shape index (κ3) is 7.91. The minimum Gasteiger partial charge on any atom is -0.478 e. The van der Waals surface area contributed by atoms with E-state index in [9.17, 15) is 14.7 Å². The van der Waals surface area contributed by atoms with Crippen molar-refractivity contribution in [1.82, 2.24) is 10.2 Å². The van der Waals surface area contributed by atoms with Crippen molar-refractivity contribution < 1.29 is 14.7 Å². The average Bonchev–Trinajstić information content (AvgIpc) is 3.25. The molecule has 2 N–H and O–H groups in total. The Kier molecular flexibility index (Phi) is 9.49. The van der Waals surface area contributed by atoms with Crippen LogP contribution in [0.2, 0.25) is 0 Å². The van der Waals surface area contributed by atoms with Gasteiger partial charge >= 0.3 is 5.97 Å². The van der Waals surface area contributed by atoms with Gasteiger partial charge in [0.25, 0.3) is 0 Å². The Hall–Kier alpha value is -2.21. The number of carboxylic acid groups (broad SMARTS) is 1. The number of piperidine rings is 1. The second-order valence-corrected chi connectivity index (χ2v) is 14.3. The van der Waals surface area contributed by atoms with Gasteiger partial charge in [-0.1, -0.05) is 60.6 Å². The topological polar surface area (TPSA) is 82.0 Å². The number of carbonyl (C=O) groups is 2. The number of nitrogens with zero attached hydrogens (tertiary/aromatic N) is 2. The number of hydrogen-bond donors (Lipinski definition) is 2. The molecule has 1 saturated heterocycles. The molecule has 0 aromatic heterocycles. The van der Waals surface area contributed by atoms with E-state index in [4.69, 9.17) is 4.99 Å². The van der Waals surface area contributed by atoms with E-state index in [-0.39, 0.29) is 16.9 Å². The van der Waals surface area contributed by atoms with Gasteiger partial charge in [0.2, 0.25) is 0 Å². The minimum atomic E-state index is -0.916. The molecule has 0 radical (unpaired) electrons. The van der Waals surface area contributed by atoms with Gasteiger partial charge in [-0.05, 0) is 92.2 Å². The molecule has 1 saturated carbocycles. The zero-order chi connectivity index (χ0) is 28.3. The molecule has 5 atom stereocenters. The summed E-state index contributed by atoms with van der Waals surface area (Å²) in [5.41, 5.74) is 1.14. The first-order chi connectivity index (χ1) is 17.6. The van der Waals surface area contributed by atoms with Gasteiger partial charge < -0.3 is 10.0 Å². The van der Waals surface area contributed by atoms with Crippen LogP contribution < -0.4 is 5.32 Å². The summed E-state index contributed by atoms with van der Waals surface area (Å²) < 4.78 is 0. The summed E-state index contributed by atoms with van der Waals surface area (Å²) in [6.07, 6.45) is 7.84. The third-order valence-electron chi connectivity index (χ3n) is 8.77. The van der Waals surface area contributed by atoms with E-state index in [1.54, 1.807) is 12.1 Å². The van der Waals surface area contributed by atoms with Gasteiger partial charge in [0.05, 0.1) is 5.56 Å². The van der Waals surface area contributed by atoms with Crippen molar-refractivity contribution in [3.05, 3.63) is 35.4 Å². The highest BCUT2D eigenvalue weighted by molar-refractivity contribution is 6.27. The van der Waals surface area contributed by atoms with Crippen molar-refractivity contribution in [3.63, 3.8) is 0 Å². The van der Waals surface area contributed by atoms with Crippen LogP contribution in [0.1, 0.15) is 122 Å². The van der Waals surface area contributed by atoms with Crippen LogP contribution in [-0.2, 0) is 4.79 Å². The van der Waals surface area contributed by atoms with Gasteiger partial charge in [-0.2, -0.15) is 0 Å². The molecule has 212 valence electrons. The Bertz CT molecular complexity index is 989. The van der Waals surface area contributed by atoms with Gasteiger partial charge in [0.1, 0.15) is 5.66 Å². The van der Waals surface area contributed by atoms with Crippen molar-refractivity contribution >= 4 is 18.1 Å². The summed E-state index contributed by atoms with van der Waals surface area (Å²) in [5, 5.41) is 13.4. The monoisotopic (exact) mass is 525 g/mol. The summed E-state index contributed by atoms with van der Waals surface area (Å²) in [5.74, 6) is 0.806. The second-order valence-electron chi connectivity index (χ2n) is 14.3. The molecule has 6 heteroatoms. The molecular weight excluding hydrogens is 474 g/mol. The Morgan fingerprint density at radius 3 is 2.32 bits per heavy atom. The number of benzene rings is 1. The van der Waals surface area contributed by atoms with E-state index in [0.717, 1.165) is 63.3 Å². The van der Waals surface area contributed by atoms with Crippen LogP contribution in [0.4, 0.5) is 0 Å². The largest absolute Gasteiger partial charge is 0.478 e. The van der Waals surface area contributed by atoms with Gasteiger partial charge in [-0.15, -0.1) is 0 Å². The van der Waals surface area contributed by atoms with Crippen LogP contribution in [0, 0.1) is 22.7 Å². The van der Waals surface area contributed by atoms with E-state index in [1.807, 2.05) is 12.1 Å². The lowest BCUT2D eigenvalue weighted by atomic mass is 9.79. The maximum atomic E-state index is 12.5. The van der Waals surface area contributed by atoms with E-state index < -0.39 is 11.6 Å². The number of aromatic carboxylic acids is 1. The van der Waals surface area contributed by atoms with Gasteiger partial charge in [0, 0.05) is 18.6 Å². The second kappa shape index (κ2) is 11.9. The van der Waals surface area contributed by atoms with Gasteiger partial charge in [-0.25, -0.2) is 9.79 Å². The zero-order valence-electron chi connectivity index (χ0n) is 25.0. The molecule has 1 heterocycles. The normalized spacial score (nSPS) is 27.8. The van der Waals surface area contributed by atoms with E-state index in [0.29, 0.717) is 29.3 Å². The lowest BCUT2D eigenvalue weighted by Gasteiger charge is -2.40. The number of nitrogens with one attached hydrogen (secondary N) is 1. The summed E-state index contributed by atoms with van der Waals surface area (Å²) in [4.78, 5) is 31.5. The number of aldehydes is 1. The van der Waals surface area contributed by atoms with Gasteiger partial charge in [-0.3, -0.25) is 10.1 Å². The first kappa shape index (κ1) is 30.3. The molecule has 0 bridgehead atoms. The first-order valence-electron chi connectivity index (χ1n) is 14.5. The number of amidine groups is 1. The molecule has 1 aromatic carbocycles. The van der Waals surface area contributed by atoms with Crippen LogP contribution in [0.15, 0.2) is 29.3 Å². The van der Waals surface area contributed by atoms with Crippen LogP contribution in [-0.4, -0.2) is 46.3 Å². The van der Waals surface area contributed by atoms with Crippen LogP contribution in [0.5, 0.6) is 0 Å². The summed E-state index contributed by atoms with van der Waals surface area (Å²) in [6, 6.07) is 7.56. The highest BCUT2D eigenvalue weighted by Crippen LogP contribution is 2.46. The molecule has 1 aliphatic carbocycles. The number of carbonyl (C=O) groups excluding carboxylic acids is 1.